The second kappa shape index (κ2) is 8.40. The van der Waals surface area contributed by atoms with Crippen LogP contribution in [-0.4, -0.2) is 15.0 Å². The summed E-state index contributed by atoms with van der Waals surface area (Å²) < 4.78 is 0. The highest BCUT2D eigenvalue weighted by atomic mass is 14.7. The number of aromatic nitrogens is 3. The molecule has 36 heavy (non-hydrogen) atoms. The van der Waals surface area contributed by atoms with Crippen LogP contribution in [0.25, 0.3) is 66.1 Å². The van der Waals surface area contributed by atoms with Gasteiger partial charge in [0.25, 0.3) is 0 Å². The molecule has 0 aliphatic rings. The first-order valence-electron chi connectivity index (χ1n) is 12.0. The summed E-state index contributed by atoms with van der Waals surface area (Å²) in [6.07, 6.45) is 5.54. The molecule has 0 saturated carbocycles. The van der Waals surface area contributed by atoms with Gasteiger partial charge in [0.05, 0.1) is 16.6 Å². The van der Waals surface area contributed by atoms with Crippen LogP contribution in [0.15, 0.2) is 128 Å². The molecule has 0 saturated heterocycles. The molecule has 3 aromatic heterocycles. The van der Waals surface area contributed by atoms with Crippen molar-refractivity contribution in [3.05, 3.63) is 128 Å². The van der Waals surface area contributed by atoms with Crippen LogP contribution in [0.1, 0.15) is 0 Å². The Morgan fingerprint density at radius 2 is 0.667 bits per heavy atom. The van der Waals surface area contributed by atoms with E-state index in [0.29, 0.717) is 0 Å². The zero-order valence-electron chi connectivity index (χ0n) is 19.5. The lowest BCUT2D eigenvalue weighted by molar-refractivity contribution is 1.41. The van der Waals surface area contributed by atoms with E-state index in [1.54, 1.807) is 0 Å². The molecule has 4 aromatic carbocycles. The zero-order chi connectivity index (χ0) is 23.9. The SMILES string of the molecule is c1cc(-c2cc(-c3cccc4ncccc34)cc(-c3cccc4ncccc34)c2)c2cccnc2c1. The second-order valence-electron chi connectivity index (χ2n) is 8.93. The Hall–Kier alpha value is -4.89. The molecule has 0 amide bonds. The number of hydrogen-bond donors (Lipinski definition) is 0. The summed E-state index contributed by atoms with van der Waals surface area (Å²) in [5.41, 5.74) is 9.94. The van der Waals surface area contributed by atoms with Gasteiger partial charge >= 0.3 is 0 Å². The van der Waals surface area contributed by atoms with Crippen molar-refractivity contribution < 1.29 is 0 Å². The van der Waals surface area contributed by atoms with Crippen LogP contribution in [0, 0.1) is 0 Å². The summed E-state index contributed by atoms with van der Waals surface area (Å²) in [6, 6.07) is 38.3. The van der Waals surface area contributed by atoms with Gasteiger partial charge in [0.2, 0.25) is 0 Å². The van der Waals surface area contributed by atoms with E-state index in [1.165, 1.54) is 16.7 Å². The fourth-order valence-corrected chi connectivity index (χ4v) is 5.16. The minimum absolute atomic E-state index is 0.991. The van der Waals surface area contributed by atoms with Gasteiger partial charge in [-0.05, 0) is 88.0 Å². The van der Waals surface area contributed by atoms with Crippen molar-refractivity contribution in [2.24, 2.45) is 0 Å². The molecular formula is C33H21N3. The Morgan fingerprint density at radius 3 is 1.00 bits per heavy atom. The van der Waals surface area contributed by atoms with Gasteiger partial charge in [-0.1, -0.05) is 54.6 Å². The molecule has 168 valence electrons. The Bertz CT molecular complexity index is 1660. The third-order valence-corrected chi connectivity index (χ3v) is 6.80. The van der Waals surface area contributed by atoms with Gasteiger partial charge in [0.15, 0.2) is 0 Å². The lowest BCUT2D eigenvalue weighted by Crippen LogP contribution is -1.90. The lowest BCUT2D eigenvalue weighted by atomic mass is 9.90. The molecule has 0 bridgehead atoms. The Balaban J connectivity index is 1.56. The first-order chi connectivity index (χ1) is 17.8. The van der Waals surface area contributed by atoms with Crippen molar-refractivity contribution in [2.75, 3.05) is 0 Å². The number of nitrogens with zero attached hydrogens (tertiary/aromatic N) is 3. The molecule has 0 aliphatic heterocycles. The molecule has 3 nitrogen and oxygen atoms in total. The first kappa shape index (κ1) is 20.5. The standard InChI is InChI=1S/C33H21N3/c1-7-25(28-10-4-16-34-31(28)13-1)22-19-23(26-8-2-14-32-29(26)11-5-17-35-32)21-24(20-22)27-9-3-15-33-30(27)12-6-18-36-33/h1-21H. The monoisotopic (exact) mass is 459 g/mol. The van der Waals surface area contributed by atoms with Crippen molar-refractivity contribution in [1.82, 2.24) is 15.0 Å². The predicted molar refractivity (Wildman–Crippen MR) is 149 cm³/mol. The highest BCUT2D eigenvalue weighted by Crippen LogP contribution is 2.38. The largest absolute Gasteiger partial charge is 0.256 e. The summed E-state index contributed by atoms with van der Waals surface area (Å²) in [5, 5.41) is 3.42. The van der Waals surface area contributed by atoms with Crippen molar-refractivity contribution in [3.63, 3.8) is 0 Å². The average Bonchev–Trinajstić information content (AvgIpc) is 2.96. The van der Waals surface area contributed by atoms with Crippen LogP contribution < -0.4 is 0 Å². The smallest absolute Gasteiger partial charge is 0.0708 e. The number of fused-ring (bicyclic) bond motifs is 3. The molecule has 3 heteroatoms. The average molecular weight is 460 g/mol. The van der Waals surface area contributed by atoms with E-state index >= 15 is 0 Å². The lowest BCUT2D eigenvalue weighted by Gasteiger charge is -2.15. The second-order valence-corrected chi connectivity index (χ2v) is 8.93. The van der Waals surface area contributed by atoms with Gasteiger partial charge in [-0.3, -0.25) is 15.0 Å². The minimum atomic E-state index is 0.991. The molecule has 0 N–H and O–H groups in total. The van der Waals surface area contributed by atoms with Crippen LogP contribution in [-0.2, 0) is 0 Å². The van der Waals surface area contributed by atoms with E-state index in [-0.39, 0.29) is 0 Å². The van der Waals surface area contributed by atoms with E-state index in [0.717, 1.165) is 49.4 Å². The van der Waals surface area contributed by atoms with Gasteiger partial charge < -0.3 is 0 Å². The summed E-state index contributed by atoms with van der Waals surface area (Å²) in [5.74, 6) is 0. The zero-order valence-corrected chi connectivity index (χ0v) is 19.5. The molecule has 0 spiro atoms. The maximum absolute atomic E-state index is 4.59. The number of pyridine rings is 3. The normalized spacial score (nSPS) is 11.3. The molecular weight excluding hydrogens is 438 g/mol. The van der Waals surface area contributed by atoms with Gasteiger partial charge in [-0.2, -0.15) is 0 Å². The third-order valence-electron chi connectivity index (χ3n) is 6.80. The maximum atomic E-state index is 4.59. The Morgan fingerprint density at radius 1 is 0.333 bits per heavy atom. The van der Waals surface area contributed by atoms with E-state index < -0.39 is 0 Å². The molecule has 0 unspecified atom stereocenters. The first-order valence-corrected chi connectivity index (χ1v) is 12.0. The molecule has 3 heterocycles. The van der Waals surface area contributed by atoms with Crippen LogP contribution in [0.5, 0.6) is 0 Å². The highest BCUT2D eigenvalue weighted by molar-refractivity contribution is 6.02. The third kappa shape index (κ3) is 3.41. The van der Waals surface area contributed by atoms with Gasteiger partial charge in [-0.25, -0.2) is 0 Å². The molecule has 0 aliphatic carbocycles. The maximum Gasteiger partial charge on any atom is 0.0708 e. The summed E-state index contributed by atoms with van der Waals surface area (Å²) >= 11 is 0. The summed E-state index contributed by atoms with van der Waals surface area (Å²) in [6.45, 7) is 0. The fourth-order valence-electron chi connectivity index (χ4n) is 5.16. The number of hydrogen-bond acceptors (Lipinski definition) is 3. The van der Waals surface area contributed by atoms with Crippen molar-refractivity contribution >= 4 is 32.7 Å². The van der Waals surface area contributed by atoms with Crippen LogP contribution in [0.4, 0.5) is 0 Å². The van der Waals surface area contributed by atoms with Gasteiger partial charge in [0, 0.05) is 34.7 Å². The van der Waals surface area contributed by atoms with Crippen molar-refractivity contribution in [3.8, 4) is 33.4 Å². The van der Waals surface area contributed by atoms with E-state index in [4.69, 9.17) is 0 Å². The highest BCUT2D eigenvalue weighted by Gasteiger charge is 2.13. The van der Waals surface area contributed by atoms with Crippen molar-refractivity contribution in [2.45, 2.75) is 0 Å². The quantitative estimate of drug-likeness (QED) is 0.267. The molecule has 0 atom stereocenters. The van der Waals surface area contributed by atoms with Gasteiger partial charge in [0.1, 0.15) is 0 Å². The summed E-state index contributed by atoms with van der Waals surface area (Å²) in [7, 11) is 0. The van der Waals surface area contributed by atoms with Crippen LogP contribution in [0.3, 0.4) is 0 Å². The number of rotatable bonds is 3. The van der Waals surface area contributed by atoms with E-state index in [9.17, 15) is 0 Å². The van der Waals surface area contributed by atoms with Crippen LogP contribution in [0.2, 0.25) is 0 Å². The predicted octanol–water partition coefficient (Wildman–Crippen LogP) is 8.33. The topological polar surface area (TPSA) is 38.7 Å². The van der Waals surface area contributed by atoms with E-state index in [2.05, 4.69) is 106 Å². The Labute approximate surface area is 208 Å². The van der Waals surface area contributed by atoms with Crippen LogP contribution >= 0.6 is 0 Å². The van der Waals surface area contributed by atoms with E-state index in [1.807, 2.05) is 36.8 Å². The summed E-state index contributed by atoms with van der Waals surface area (Å²) in [4.78, 5) is 13.8. The minimum Gasteiger partial charge on any atom is -0.256 e. The molecule has 7 aromatic rings. The number of benzene rings is 4. The van der Waals surface area contributed by atoms with Gasteiger partial charge in [-0.15, -0.1) is 0 Å². The van der Waals surface area contributed by atoms with Crippen molar-refractivity contribution in [1.29, 1.82) is 0 Å². The Kier molecular flexibility index (Phi) is 4.78. The molecule has 0 fully saturated rings. The fraction of sp³-hybridized carbons (Fsp3) is 0. The molecule has 0 radical (unpaired) electrons. The molecule has 7 rings (SSSR count).